The van der Waals surface area contributed by atoms with Crippen LogP contribution in [0.3, 0.4) is 0 Å². The van der Waals surface area contributed by atoms with Gasteiger partial charge in [-0.1, -0.05) is 30.3 Å². The third-order valence-electron chi connectivity index (χ3n) is 5.34. The summed E-state index contributed by atoms with van der Waals surface area (Å²) in [6, 6.07) is 9.62. The molecule has 3 rings (SSSR count). The molecule has 0 saturated carbocycles. The molecule has 0 aromatic heterocycles. The summed E-state index contributed by atoms with van der Waals surface area (Å²) in [6.07, 6.45) is 2.16. The summed E-state index contributed by atoms with van der Waals surface area (Å²) in [5, 5.41) is 9.39. The van der Waals surface area contributed by atoms with Crippen molar-refractivity contribution in [1.29, 1.82) is 0 Å². The van der Waals surface area contributed by atoms with Gasteiger partial charge in [-0.3, -0.25) is 4.79 Å². The maximum absolute atomic E-state index is 12.2. The zero-order valence-corrected chi connectivity index (χ0v) is 14.3. The van der Waals surface area contributed by atoms with Crippen molar-refractivity contribution in [2.45, 2.75) is 25.9 Å². The summed E-state index contributed by atoms with van der Waals surface area (Å²) in [5.74, 6) is -0.707. The van der Waals surface area contributed by atoms with Crippen LogP contribution in [0.1, 0.15) is 24.8 Å². The van der Waals surface area contributed by atoms with Crippen molar-refractivity contribution in [3.05, 3.63) is 35.9 Å². The number of carboxylic acid groups (broad SMARTS) is 1. The van der Waals surface area contributed by atoms with Gasteiger partial charge in [-0.2, -0.15) is 0 Å². The number of aliphatic carboxylic acids is 1. The molecule has 0 aliphatic carbocycles. The molecule has 25 heavy (non-hydrogen) atoms. The normalized spacial score (nSPS) is 24.7. The molecule has 0 radical (unpaired) electrons. The number of rotatable bonds is 4. The molecule has 2 fully saturated rings. The maximum atomic E-state index is 12.2. The Morgan fingerprint density at radius 1 is 1.16 bits per heavy atom. The molecule has 0 unspecified atom stereocenters. The summed E-state index contributed by atoms with van der Waals surface area (Å²) in [5.41, 5.74) is 0.970. The Balaban J connectivity index is 1.47. The highest BCUT2D eigenvalue weighted by atomic mass is 16.6. The topological polar surface area (TPSA) is 76.1 Å². The highest BCUT2D eigenvalue weighted by Crippen LogP contribution is 2.35. The van der Waals surface area contributed by atoms with Crippen LogP contribution in [0.2, 0.25) is 0 Å². The predicted octanol–water partition coefficient (Wildman–Crippen LogP) is 2.77. The number of ether oxygens (including phenoxy) is 2. The molecule has 6 nitrogen and oxygen atoms in total. The zero-order chi connectivity index (χ0) is 17.6. The Bertz CT molecular complexity index is 583. The van der Waals surface area contributed by atoms with E-state index in [-0.39, 0.29) is 18.6 Å². The number of hydrogen-bond acceptors (Lipinski definition) is 4. The van der Waals surface area contributed by atoms with E-state index in [0.717, 1.165) is 24.8 Å². The Kier molecular flexibility index (Phi) is 5.91. The van der Waals surface area contributed by atoms with Crippen LogP contribution in [-0.2, 0) is 20.9 Å². The van der Waals surface area contributed by atoms with Crippen LogP contribution in [0.4, 0.5) is 4.79 Å². The molecule has 2 heterocycles. The van der Waals surface area contributed by atoms with Crippen molar-refractivity contribution in [2.24, 2.45) is 17.8 Å². The number of hydrogen-bond donors (Lipinski definition) is 1. The van der Waals surface area contributed by atoms with Gasteiger partial charge in [-0.05, 0) is 36.7 Å². The minimum absolute atomic E-state index is 0.147. The van der Waals surface area contributed by atoms with Crippen LogP contribution >= 0.6 is 0 Å². The molecule has 1 amide bonds. The first-order chi connectivity index (χ1) is 12.1. The first kappa shape index (κ1) is 17.7. The molecule has 1 aromatic rings. The van der Waals surface area contributed by atoms with E-state index in [1.165, 1.54) is 0 Å². The van der Waals surface area contributed by atoms with E-state index in [9.17, 15) is 14.7 Å². The van der Waals surface area contributed by atoms with E-state index < -0.39 is 11.9 Å². The van der Waals surface area contributed by atoms with Crippen molar-refractivity contribution in [1.82, 2.24) is 4.90 Å². The number of benzene rings is 1. The average Bonchev–Trinajstić information content (AvgIpc) is 2.67. The Labute approximate surface area is 147 Å². The monoisotopic (exact) mass is 347 g/mol. The predicted molar refractivity (Wildman–Crippen MR) is 91.0 cm³/mol. The molecular weight excluding hydrogens is 322 g/mol. The first-order valence-electron chi connectivity index (χ1n) is 8.91. The van der Waals surface area contributed by atoms with Crippen molar-refractivity contribution < 1.29 is 24.2 Å². The molecule has 2 aliphatic rings. The van der Waals surface area contributed by atoms with Crippen molar-refractivity contribution in [3.63, 3.8) is 0 Å². The van der Waals surface area contributed by atoms with Crippen LogP contribution < -0.4 is 0 Å². The van der Waals surface area contributed by atoms with Crippen molar-refractivity contribution in [2.75, 3.05) is 26.3 Å². The second-order valence-corrected chi connectivity index (χ2v) is 6.84. The second-order valence-electron chi connectivity index (χ2n) is 6.84. The number of carboxylic acids is 1. The summed E-state index contributed by atoms with van der Waals surface area (Å²) < 4.78 is 10.7. The molecule has 2 atom stereocenters. The molecule has 136 valence electrons. The molecular formula is C19H25NO5. The van der Waals surface area contributed by atoms with Crippen molar-refractivity contribution >= 4 is 12.1 Å². The number of amides is 1. The quantitative estimate of drug-likeness (QED) is 0.906. The van der Waals surface area contributed by atoms with Gasteiger partial charge in [-0.15, -0.1) is 0 Å². The van der Waals surface area contributed by atoms with Crippen LogP contribution in [-0.4, -0.2) is 48.4 Å². The SMILES string of the molecule is O=C(O)[C@@H]1COCC[C@@H]1C1CCN(C(=O)OCc2ccccc2)CC1. The van der Waals surface area contributed by atoms with Crippen LogP contribution in [0.5, 0.6) is 0 Å². The molecule has 1 N–H and O–H groups in total. The number of piperidine rings is 1. The smallest absolute Gasteiger partial charge is 0.410 e. The van der Waals surface area contributed by atoms with Crippen LogP contribution in [0.15, 0.2) is 30.3 Å². The van der Waals surface area contributed by atoms with E-state index >= 15 is 0 Å². The Morgan fingerprint density at radius 3 is 2.56 bits per heavy atom. The van der Waals surface area contributed by atoms with E-state index in [2.05, 4.69) is 0 Å². The molecule has 2 saturated heterocycles. The van der Waals surface area contributed by atoms with Gasteiger partial charge in [0.1, 0.15) is 6.61 Å². The molecule has 1 aromatic carbocycles. The Morgan fingerprint density at radius 2 is 1.88 bits per heavy atom. The highest BCUT2D eigenvalue weighted by Gasteiger charge is 2.38. The van der Waals surface area contributed by atoms with Crippen LogP contribution in [0.25, 0.3) is 0 Å². The first-order valence-corrected chi connectivity index (χ1v) is 8.91. The molecule has 2 aliphatic heterocycles. The average molecular weight is 347 g/mol. The standard InChI is InChI=1S/C19H25NO5/c21-18(22)17-13-24-11-8-16(17)15-6-9-20(10-7-15)19(23)25-12-14-4-2-1-3-5-14/h1-5,15-17H,6-13H2,(H,21,22)/t16-,17-/m1/s1. The van der Waals surface area contributed by atoms with E-state index in [1.54, 1.807) is 4.90 Å². The summed E-state index contributed by atoms with van der Waals surface area (Å²) >= 11 is 0. The number of carbonyl (C=O) groups is 2. The maximum Gasteiger partial charge on any atom is 0.410 e. The molecule has 0 bridgehead atoms. The van der Waals surface area contributed by atoms with Gasteiger partial charge in [0.2, 0.25) is 0 Å². The summed E-state index contributed by atoms with van der Waals surface area (Å²) in [7, 11) is 0. The lowest BCUT2D eigenvalue weighted by atomic mass is 9.74. The zero-order valence-electron chi connectivity index (χ0n) is 14.3. The third-order valence-corrected chi connectivity index (χ3v) is 5.34. The van der Waals surface area contributed by atoms with Gasteiger partial charge < -0.3 is 19.5 Å². The molecule has 0 spiro atoms. The largest absolute Gasteiger partial charge is 0.481 e. The van der Waals surface area contributed by atoms with E-state index in [0.29, 0.717) is 32.2 Å². The van der Waals surface area contributed by atoms with Gasteiger partial charge in [0.05, 0.1) is 12.5 Å². The van der Waals surface area contributed by atoms with Gasteiger partial charge in [0.25, 0.3) is 0 Å². The lowest BCUT2D eigenvalue weighted by molar-refractivity contribution is -0.151. The fourth-order valence-electron chi connectivity index (χ4n) is 3.89. The minimum Gasteiger partial charge on any atom is -0.481 e. The summed E-state index contributed by atoms with van der Waals surface area (Å²) in [4.78, 5) is 25.4. The Hall–Kier alpha value is -2.08. The van der Waals surface area contributed by atoms with Crippen molar-refractivity contribution in [3.8, 4) is 0 Å². The molecule has 6 heteroatoms. The fourth-order valence-corrected chi connectivity index (χ4v) is 3.89. The summed E-state index contributed by atoms with van der Waals surface area (Å²) in [6.45, 7) is 2.47. The fraction of sp³-hybridized carbons (Fsp3) is 0.579. The van der Waals surface area contributed by atoms with Gasteiger partial charge >= 0.3 is 12.1 Å². The van der Waals surface area contributed by atoms with Gasteiger partial charge in [0.15, 0.2) is 0 Å². The highest BCUT2D eigenvalue weighted by molar-refractivity contribution is 5.70. The third kappa shape index (κ3) is 4.51. The number of nitrogens with zero attached hydrogens (tertiary/aromatic N) is 1. The second kappa shape index (κ2) is 8.34. The number of likely N-dealkylation sites (tertiary alicyclic amines) is 1. The van der Waals surface area contributed by atoms with Crippen LogP contribution in [0, 0.1) is 17.8 Å². The van der Waals surface area contributed by atoms with E-state index in [4.69, 9.17) is 9.47 Å². The lowest BCUT2D eigenvalue weighted by Gasteiger charge is -2.39. The number of carbonyl (C=O) groups excluding carboxylic acids is 1. The van der Waals surface area contributed by atoms with E-state index in [1.807, 2.05) is 30.3 Å². The lowest BCUT2D eigenvalue weighted by Crippen LogP contribution is -2.44. The van der Waals surface area contributed by atoms with Gasteiger partial charge in [-0.25, -0.2) is 4.79 Å². The minimum atomic E-state index is -0.769. The van der Waals surface area contributed by atoms with Gasteiger partial charge in [0, 0.05) is 19.7 Å².